The lowest BCUT2D eigenvalue weighted by Crippen LogP contribution is -2.66. The Labute approximate surface area is 177 Å². The number of nitrogens with one attached hydrogen (secondary N) is 1. The van der Waals surface area contributed by atoms with E-state index in [4.69, 9.17) is 9.47 Å². The van der Waals surface area contributed by atoms with Gasteiger partial charge in [-0.3, -0.25) is 14.4 Å². The Morgan fingerprint density at radius 1 is 1.32 bits per heavy atom. The Kier molecular flexibility index (Phi) is 6.13. The quantitative estimate of drug-likeness (QED) is 0.735. The minimum atomic E-state index is -5.27. The number of para-hydroxylation sites is 1. The van der Waals surface area contributed by atoms with Gasteiger partial charge in [-0.15, -0.1) is 0 Å². The Morgan fingerprint density at radius 3 is 2.55 bits per heavy atom. The summed E-state index contributed by atoms with van der Waals surface area (Å²) < 4.78 is 54.0. The van der Waals surface area contributed by atoms with E-state index < -0.39 is 41.0 Å². The molecule has 2 aliphatic heterocycles. The number of ketones is 1. The summed E-state index contributed by atoms with van der Waals surface area (Å²) in [4.78, 5) is 39.3. The molecular weight excluding hydrogens is 417 g/mol. The van der Waals surface area contributed by atoms with Crippen LogP contribution in [0.5, 0.6) is 5.75 Å². The number of hydrogen-bond acceptors (Lipinski definition) is 5. The lowest BCUT2D eigenvalue weighted by molar-refractivity contribution is -0.191. The van der Waals surface area contributed by atoms with Gasteiger partial charge in [0.05, 0.1) is 30.9 Å². The summed E-state index contributed by atoms with van der Waals surface area (Å²) in [5.74, 6) is -3.54. The number of benzene rings is 1. The normalized spacial score (nSPS) is 24.0. The van der Waals surface area contributed by atoms with Crippen molar-refractivity contribution in [1.82, 2.24) is 10.2 Å². The first-order valence-corrected chi connectivity index (χ1v) is 9.72. The molecule has 0 aliphatic carbocycles. The molecule has 2 amide bonds. The molecule has 1 N–H and O–H groups in total. The monoisotopic (exact) mass is 440 g/mol. The van der Waals surface area contributed by atoms with E-state index in [0.717, 1.165) is 18.2 Å². The molecule has 168 valence electrons. The summed E-state index contributed by atoms with van der Waals surface area (Å²) in [7, 11) is 1.26. The molecule has 2 atom stereocenters. The number of nitrogens with zero attached hydrogens (tertiary/aromatic N) is 1. The van der Waals surface area contributed by atoms with Crippen molar-refractivity contribution in [3.05, 3.63) is 41.1 Å². The minimum Gasteiger partial charge on any atom is -0.496 e. The van der Waals surface area contributed by atoms with Crippen LogP contribution in [0.15, 0.2) is 35.5 Å². The van der Waals surface area contributed by atoms with Crippen molar-refractivity contribution in [2.75, 3.05) is 20.3 Å². The number of ether oxygens (including phenoxy) is 2. The Hall–Kier alpha value is -2.88. The zero-order valence-electron chi connectivity index (χ0n) is 17.3. The first-order valence-electron chi connectivity index (χ1n) is 9.72. The molecule has 2 unspecified atom stereocenters. The Balaban J connectivity index is 2.09. The highest BCUT2D eigenvalue weighted by atomic mass is 19.4. The molecule has 31 heavy (non-hydrogen) atoms. The zero-order valence-corrected chi connectivity index (χ0v) is 17.3. The van der Waals surface area contributed by atoms with E-state index in [0.29, 0.717) is 13.0 Å². The van der Waals surface area contributed by atoms with E-state index in [1.165, 1.54) is 32.2 Å². The highest BCUT2D eigenvalue weighted by Crippen LogP contribution is 2.45. The lowest BCUT2D eigenvalue weighted by atomic mass is 9.86. The van der Waals surface area contributed by atoms with Gasteiger partial charge in [-0.05, 0) is 38.8 Å². The van der Waals surface area contributed by atoms with Gasteiger partial charge in [0.2, 0.25) is 5.54 Å². The molecule has 1 saturated heterocycles. The minimum absolute atomic E-state index is 0.0315. The third-order valence-corrected chi connectivity index (χ3v) is 5.55. The van der Waals surface area contributed by atoms with Crippen LogP contribution in [-0.4, -0.2) is 60.6 Å². The Bertz CT molecular complexity index is 937. The van der Waals surface area contributed by atoms with Crippen LogP contribution in [0.25, 0.3) is 0 Å². The van der Waals surface area contributed by atoms with Crippen molar-refractivity contribution >= 4 is 17.6 Å². The third-order valence-electron chi connectivity index (χ3n) is 5.55. The number of alkyl halides is 3. The van der Waals surface area contributed by atoms with Gasteiger partial charge < -0.3 is 19.7 Å². The number of carbonyl (C=O) groups excluding carboxylic acids is 3. The zero-order chi connectivity index (χ0) is 23.0. The van der Waals surface area contributed by atoms with Crippen molar-refractivity contribution < 1.29 is 37.0 Å². The molecule has 10 heteroatoms. The average molecular weight is 440 g/mol. The van der Waals surface area contributed by atoms with Crippen LogP contribution in [0.1, 0.15) is 37.0 Å². The molecule has 0 bridgehead atoms. The van der Waals surface area contributed by atoms with Crippen molar-refractivity contribution in [2.45, 2.75) is 44.5 Å². The predicted octanol–water partition coefficient (Wildman–Crippen LogP) is 2.61. The SMILES string of the molecule is COc1ccccc1C(=O)NC1(C(F)(F)F)C(=O)N(CC2CCCO2)C(C)=C1C(C)=O. The fourth-order valence-corrected chi connectivity index (χ4v) is 4.12. The second-order valence-electron chi connectivity index (χ2n) is 7.47. The molecule has 0 radical (unpaired) electrons. The molecule has 1 aromatic rings. The molecule has 7 nitrogen and oxygen atoms in total. The maximum absolute atomic E-state index is 14.5. The standard InChI is InChI=1S/C21H23F3N2O5/c1-12-17(13(2)27)20(21(22,23)24,19(29)26(12)11-14-7-6-10-31-14)25-18(28)15-8-4-5-9-16(15)30-3/h4-5,8-9,14H,6-7,10-11H2,1-3H3,(H,25,28). The van der Waals surface area contributed by atoms with Gasteiger partial charge in [-0.2, -0.15) is 13.2 Å². The van der Waals surface area contributed by atoms with E-state index in [-0.39, 0.29) is 23.6 Å². The largest absolute Gasteiger partial charge is 0.496 e. The van der Waals surface area contributed by atoms with E-state index in [1.807, 2.05) is 5.32 Å². The van der Waals surface area contributed by atoms with Gasteiger partial charge in [0.15, 0.2) is 5.78 Å². The van der Waals surface area contributed by atoms with Crippen LogP contribution < -0.4 is 10.1 Å². The predicted molar refractivity (Wildman–Crippen MR) is 103 cm³/mol. The molecule has 0 aromatic heterocycles. The van der Waals surface area contributed by atoms with Crippen LogP contribution in [0.4, 0.5) is 13.2 Å². The topological polar surface area (TPSA) is 84.9 Å². The summed E-state index contributed by atoms with van der Waals surface area (Å²) in [6.07, 6.45) is -4.40. The number of methoxy groups -OCH3 is 1. The van der Waals surface area contributed by atoms with E-state index in [2.05, 4.69) is 0 Å². The number of carbonyl (C=O) groups is 3. The summed E-state index contributed by atoms with van der Waals surface area (Å²) in [6.45, 7) is 2.53. The van der Waals surface area contributed by atoms with Gasteiger partial charge in [0.1, 0.15) is 5.75 Å². The molecule has 1 aromatic carbocycles. The van der Waals surface area contributed by atoms with Crippen molar-refractivity contribution in [3.63, 3.8) is 0 Å². The molecule has 3 rings (SSSR count). The van der Waals surface area contributed by atoms with Crippen LogP contribution in [-0.2, 0) is 14.3 Å². The highest BCUT2D eigenvalue weighted by Gasteiger charge is 2.70. The summed E-state index contributed by atoms with van der Waals surface area (Å²) in [5, 5.41) is 1.84. The van der Waals surface area contributed by atoms with Gasteiger partial charge in [-0.25, -0.2) is 0 Å². The first-order chi connectivity index (χ1) is 14.5. The average Bonchev–Trinajstić information content (AvgIpc) is 3.29. The fourth-order valence-electron chi connectivity index (χ4n) is 4.12. The molecule has 1 fully saturated rings. The molecular formula is C21H23F3N2O5. The smallest absolute Gasteiger partial charge is 0.425 e. The number of rotatable bonds is 6. The lowest BCUT2D eigenvalue weighted by Gasteiger charge is -2.33. The Morgan fingerprint density at radius 2 is 2.00 bits per heavy atom. The van der Waals surface area contributed by atoms with Crippen molar-refractivity contribution in [1.29, 1.82) is 0 Å². The maximum atomic E-state index is 14.5. The highest BCUT2D eigenvalue weighted by molar-refractivity contribution is 6.13. The second-order valence-corrected chi connectivity index (χ2v) is 7.47. The number of Topliss-reactive ketones (excluding diaryl/α,β-unsaturated/α-hetero) is 1. The van der Waals surface area contributed by atoms with Crippen LogP contribution in [0, 0.1) is 0 Å². The number of hydrogen-bond donors (Lipinski definition) is 1. The van der Waals surface area contributed by atoms with Crippen LogP contribution in [0.2, 0.25) is 0 Å². The summed E-state index contributed by atoms with van der Waals surface area (Å²) in [5.41, 5.74) is -4.64. The van der Waals surface area contributed by atoms with Gasteiger partial charge in [0.25, 0.3) is 11.8 Å². The van der Waals surface area contributed by atoms with Crippen LogP contribution >= 0.6 is 0 Å². The van der Waals surface area contributed by atoms with Gasteiger partial charge in [0, 0.05) is 12.3 Å². The summed E-state index contributed by atoms with van der Waals surface area (Å²) in [6, 6.07) is 5.67. The number of halogens is 3. The fraction of sp³-hybridized carbons (Fsp3) is 0.476. The van der Waals surface area contributed by atoms with Gasteiger partial charge >= 0.3 is 6.18 Å². The summed E-state index contributed by atoms with van der Waals surface area (Å²) >= 11 is 0. The van der Waals surface area contributed by atoms with E-state index >= 15 is 0 Å². The third kappa shape index (κ3) is 3.80. The maximum Gasteiger partial charge on any atom is 0.425 e. The van der Waals surface area contributed by atoms with Crippen LogP contribution in [0.3, 0.4) is 0 Å². The molecule has 2 aliphatic rings. The molecule has 0 saturated carbocycles. The molecule has 0 spiro atoms. The van der Waals surface area contributed by atoms with E-state index in [1.54, 1.807) is 6.07 Å². The molecule has 2 heterocycles. The van der Waals surface area contributed by atoms with Crippen molar-refractivity contribution in [3.8, 4) is 5.75 Å². The van der Waals surface area contributed by atoms with E-state index in [9.17, 15) is 27.6 Å². The second kappa shape index (κ2) is 8.33. The number of amides is 2. The van der Waals surface area contributed by atoms with Gasteiger partial charge in [-0.1, -0.05) is 12.1 Å². The van der Waals surface area contributed by atoms with Crippen molar-refractivity contribution in [2.24, 2.45) is 0 Å². The number of allylic oxidation sites excluding steroid dienone is 1. The first kappa shape index (κ1) is 22.8.